The van der Waals surface area contributed by atoms with Crippen LogP contribution in [0.5, 0.6) is 11.5 Å². The number of rotatable bonds is 7. The van der Waals surface area contributed by atoms with E-state index in [9.17, 15) is 22.8 Å². The Morgan fingerprint density at radius 3 is 2.38 bits per heavy atom. The quantitative estimate of drug-likeness (QED) is 0.498. The van der Waals surface area contributed by atoms with Gasteiger partial charge in [0.1, 0.15) is 23.7 Å². The van der Waals surface area contributed by atoms with E-state index < -0.39 is 17.7 Å². The lowest BCUT2D eigenvalue weighted by Crippen LogP contribution is -2.58. The predicted octanol–water partition coefficient (Wildman–Crippen LogP) is 4.93. The minimum Gasteiger partial charge on any atom is -0.490 e. The summed E-state index contributed by atoms with van der Waals surface area (Å²) in [6.07, 6.45) is -1.83. The van der Waals surface area contributed by atoms with E-state index in [1.165, 1.54) is 17.0 Å². The fourth-order valence-corrected chi connectivity index (χ4v) is 4.73. The van der Waals surface area contributed by atoms with E-state index in [-0.39, 0.29) is 50.1 Å². The van der Waals surface area contributed by atoms with Crippen molar-refractivity contribution in [3.05, 3.63) is 59.1 Å². The zero-order valence-corrected chi connectivity index (χ0v) is 20.9. The van der Waals surface area contributed by atoms with Gasteiger partial charge in [-0.2, -0.15) is 0 Å². The Bertz CT molecular complexity index is 1090. The second kappa shape index (κ2) is 11.6. The van der Waals surface area contributed by atoms with Gasteiger partial charge in [-0.25, -0.2) is 0 Å². The normalized spacial score (nSPS) is 20.4. The average Bonchev–Trinajstić information content (AvgIpc) is 2.87. The monoisotopic (exact) mass is 540 g/mol. The lowest BCUT2D eigenvalue weighted by molar-refractivity contribution is -0.274. The van der Waals surface area contributed by atoms with E-state index in [4.69, 9.17) is 21.1 Å². The lowest BCUT2D eigenvalue weighted by Gasteiger charge is -2.43. The van der Waals surface area contributed by atoms with Crippen LogP contribution in [0.25, 0.3) is 0 Å². The molecule has 2 aromatic carbocycles. The minimum atomic E-state index is -4.82. The molecule has 2 aromatic rings. The van der Waals surface area contributed by atoms with Crippen LogP contribution in [0, 0.1) is 0 Å². The van der Waals surface area contributed by atoms with Crippen molar-refractivity contribution in [2.24, 2.45) is 0 Å². The number of nitrogens with zero attached hydrogens (tertiary/aromatic N) is 2. The Morgan fingerprint density at radius 2 is 1.70 bits per heavy atom. The van der Waals surface area contributed by atoms with Crippen molar-refractivity contribution in [3.8, 4) is 11.5 Å². The number of piperidine rings is 1. The Morgan fingerprint density at radius 1 is 0.973 bits per heavy atom. The molecule has 2 aliphatic rings. The van der Waals surface area contributed by atoms with Crippen LogP contribution >= 0.6 is 11.6 Å². The molecule has 2 fully saturated rings. The number of carbonyl (C=O) groups excluding carboxylic acids is 2. The summed E-state index contributed by atoms with van der Waals surface area (Å²) in [6, 6.07) is 11.6. The van der Waals surface area contributed by atoms with Crippen LogP contribution in [0.1, 0.15) is 36.0 Å². The van der Waals surface area contributed by atoms with Crippen molar-refractivity contribution < 1.29 is 37.0 Å². The second-order valence-corrected chi connectivity index (χ2v) is 9.63. The van der Waals surface area contributed by atoms with E-state index in [0.717, 1.165) is 31.4 Å². The first-order chi connectivity index (χ1) is 17.6. The number of likely N-dealkylation sites (tertiary alicyclic amines) is 1. The van der Waals surface area contributed by atoms with Crippen LogP contribution in [0.15, 0.2) is 48.5 Å². The molecule has 2 saturated heterocycles. The largest absolute Gasteiger partial charge is 0.573 e. The highest BCUT2D eigenvalue weighted by atomic mass is 35.5. The highest BCUT2D eigenvalue weighted by Gasteiger charge is 2.42. The maximum atomic E-state index is 13.2. The van der Waals surface area contributed by atoms with Gasteiger partial charge in [0.2, 0.25) is 5.91 Å². The van der Waals surface area contributed by atoms with Gasteiger partial charge in [-0.15, -0.1) is 13.2 Å². The summed E-state index contributed by atoms with van der Waals surface area (Å²) in [4.78, 5) is 29.8. The third-order valence-corrected chi connectivity index (χ3v) is 6.59. The fraction of sp³-hybridized carbons (Fsp3) is 0.462. The van der Waals surface area contributed by atoms with Crippen molar-refractivity contribution in [2.45, 2.75) is 37.6 Å². The molecule has 0 saturated carbocycles. The van der Waals surface area contributed by atoms with E-state index in [0.29, 0.717) is 23.9 Å². The van der Waals surface area contributed by atoms with Crippen LogP contribution < -0.4 is 9.47 Å². The average molecular weight is 541 g/mol. The van der Waals surface area contributed by atoms with Gasteiger partial charge in [0, 0.05) is 30.2 Å². The molecule has 2 amide bonds. The molecule has 11 heteroatoms. The number of carbonyl (C=O) groups is 2. The Hall–Kier alpha value is -2.98. The molecule has 0 aromatic heterocycles. The maximum absolute atomic E-state index is 13.2. The van der Waals surface area contributed by atoms with Crippen LogP contribution in [0.2, 0.25) is 5.02 Å². The molecule has 1 unspecified atom stereocenters. The summed E-state index contributed by atoms with van der Waals surface area (Å²) in [5.41, 5.74) is -0.909. The Labute approximate surface area is 218 Å². The second-order valence-electron chi connectivity index (χ2n) is 9.19. The van der Waals surface area contributed by atoms with Crippen molar-refractivity contribution in [1.29, 1.82) is 0 Å². The number of halogens is 4. The Balaban J connectivity index is 1.50. The van der Waals surface area contributed by atoms with Gasteiger partial charge >= 0.3 is 6.36 Å². The molecule has 2 heterocycles. The SMILES string of the molecule is O=C(CC1(COc2cccc(Cl)c2)CN(C(=O)c2ccc(OC(F)(F)F)cc2)CCO1)N1CCCCC1. The smallest absolute Gasteiger partial charge is 0.490 e. The topological polar surface area (TPSA) is 68.3 Å². The highest BCUT2D eigenvalue weighted by Crippen LogP contribution is 2.29. The number of alkyl halides is 3. The summed E-state index contributed by atoms with van der Waals surface area (Å²) >= 11 is 6.07. The number of benzene rings is 2. The van der Waals surface area contributed by atoms with Gasteiger partial charge in [-0.1, -0.05) is 17.7 Å². The number of morpholine rings is 1. The molecule has 0 bridgehead atoms. The Kier molecular flexibility index (Phi) is 8.49. The fourth-order valence-electron chi connectivity index (χ4n) is 4.55. The summed E-state index contributed by atoms with van der Waals surface area (Å²) in [5.74, 6) is -0.371. The lowest BCUT2D eigenvalue weighted by atomic mass is 9.95. The summed E-state index contributed by atoms with van der Waals surface area (Å²) in [7, 11) is 0. The molecule has 2 aliphatic heterocycles. The van der Waals surface area contributed by atoms with E-state index >= 15 is 0 Å². The van der Waals surface area contributed by atoms with Gasteiger partial charge in [0.15, 0.2) is 0 Å². The molecule has 0 spiro atoms. The van der Waals surface area contributed by atoms with Crippen LogP contribution in [-0.4, -0.2) is 73.0 Å². The van der Waals surface area contributed by atoms with E-state index in [2.05, 4.69) is 4.74 Å². The van der Waals surface area contributed by atoms with Gasteiger partial charge < -0.3 is 24.0 Å². The standard InChI is InChI=1S/C26H28ClF3N2O5/c27-20-5-4-6-22(15-20)35-18-25(16-23(33)31-11-2-1-3-12-31)17-32(13-14-36-25)24(34)19-7-9-21(10-8-19)37-26(28,29)30/h4-10,15H,1-3,11-14,16-18H2. The van der Waals surface area contributed by atoms with Crippen molar-refractivity contribution in [1.82, 2.24) is 9.80 Å². The van der Waals surface area contributed by atoms with Crippen LogP contribution in [-0.2, 0) is 9.53 Å². The molecule has 0 radical (unpaired) electrons. The van der Waals surface area contributed by atoms with Gasteiger partial charge in [-0.3, -0.25) is 9.59 Å². The van der Waals surface area contributed by atoms with Gasteiger partial charge in [-0.05, 0) is 61.7 Å². The van der Waals surface area contributed by atoms with Gasteiger partial charge in [0.05, 0.1) is 19.6 Å². The number of ether oxygens (including phenoxy) is 3. The molecule has 7 nitrogen and oxygen atoms in total. The molecule has 200 valence electrons. The third-order valence-electron chi connectivity index (χ3n) is 6.35. The first kappa shape index (κ1) is 27.1. The predicted molar refractivity (Wildman–Crippen MR) is 130 cm³/mol. The van der Waals surface area contributed by atoms with Crippen molar-refractivity contribution >= 4 is 23.4 Å². The molecule has 0 N–H and O–H groups in total. The van der Waals surface area contributed by atoms with E-state index in [1.807, 2.05) is 4.90 Å². The first-order valence-electron chi connectivity index (χ1n) is 12.1. The van der Waals surface area contributed by atoms with Crippen LogP contribution in [0.4, 0.5) is 13.2 Å². The van der Waals surface area contributed by atoms with Crippen molar-refractivity contribution in [3.63, 3.8) is 0 Å². The molecule has 1 atom stereocenters. The molecule has 37 heavy (non-hydrogen) atoms. The number of amides is 2. The zero-order chi connectivity index (χ0) is 26.5. The summed E-state index contributed by atoms with van der Waals surface area (Å²) < 4.78 is 53.4. The maximum Gasteiger partial charge on any atom is 0.573 e. The summed E-state index contributed by atoms with van der Waals surface area (Å²) in [5, 5.41) is 0.496. The first-order valence-corrected chi connectivity index (χ1v) is 12.5. The minimum absolute atomic E-state index is 0.00899. The van der Waals surface area contributed by atoms with Crippen molar-refractivity contribution in [2.75, 3.05) is 39.4 Å². The molecular weight excluding hydrogens is 513 g/mol. The third kappa shape index (κ3) is 7.52. The summed E-state index contributed by atoms with van der Waals surface area (Å²) in [6.45, 7) is 1.88. The van der Waals surface area contributed by atoms with Crippen LogP contribution in [0.3, 0.4) is 0 Å². The number of hydrogen-bond donors (Lipinski definition) is 0. The zero-order valence-electron chi connectivity index (χ0n) is 20.1. The molecule has 4 rings (SSSR count). The van der Waals surface area contributed by atoms with E-state index in [1.54, 1.807) is 24.3 Å². The van der Waals surface area contributed by atoms with Gasteiger partial charge in [0.25, 0.3) is 5.91 Å². The number of hydrogen-bond acceptors (Lipinski definition) is 5. The molecular formula is C26H28ClF3N2O5. The molecule has 0 aliphatic carbocycles. The highest BCUT2D eigenvalue weighted by molar-refractivity contribution is 6.30.